The number of aromatic nitrogens is 2. The van der Waals surface area contributed by atoms with Gasteiger partial charge in [0.1, 0.15) is 5.69 Å². The van der Waals surface area contributed by atoms with E-state index in [1.54, 1.807) is 6.20 Å². The first kappa shape index (κ1) is 15.7. The smallest absolute Gasteiger partial charge is 0.201 e. The predicted octanol–water partition coefficient (Wildman–Crippen LogP) is 1.92. The van der Waals surface area contributed by atoms with Gasteiger partial charge in [0.25, 0.3) is 0 Å². The number of piperazine rings is 1. The van der Waals surface area contributed by atoms with E-state index in [4.69, 9.17) is 0 Å². The maximum absolute atomic E-state index is 13.0. The summed E-state index contributed by atoms with van der Waals surface area (Å²) in [6.07, 6.45) is 2.68. The van der Waals surface area contributed by atoms with Gasteiger partial charge in [0.2, 0.25) is 5.78 Å². The van der Waals surface area contributed by atoms with Gasteiger partial charge < -0.3 is 5.32 Å². The molecular weight excluding hydrogens is 320 g/mol. The largest absolute Gasteiger partial charge is 0.314 e. The normalized spacial score (nSPS) is 17.4. The summed E-state index contributed by atoms with van der Waals surface area (Å²) >= 11 is 3.47. The highest BCUT2D eigenvalue weighted by atomic mass is 79.9. The van der Waals surface area contributed by atoms with Crippen LogP contribution in [0.25, 0.3) is 0 Å². The van der Waals surface area contributed by atoms with Crippen LogP contribution in [0.1, 0.15) is 37.7 Å². The van der Waals surface area contributed by atoms with Crippen LogP contribution in [-0.2, 0) is 6.54 Å². The van der Waals surface area contributed by atoms with E-state index in [1.807, 2.05) is 18.5 Å². The molecule has 1 fully saturated rings. The Labute approximate surface area is 128 Å². The van der Waals surface area contributed by atoms with Gasteiger partial charge >= 0.3 is 0 Å². The molecule has 20 heavy (non-hydrogen) atoms. The lowest BCUT2D eigenvalue weighted by Gasteiger charge is -2.40. The fourth-order valence-electron chi connectivity index (χ4n) is 2.63. The lowest BCUT2D eigenvalue weighted by molar-refractivity contribution is 0.0590. The first-order valence-electron chi connectivity index (χ1n) is 7.20. The molecule has 0 amide bonds. The van der Waals surface area contributed by atoms with E-state index in [1.165, 1.54) is 0 Å². The predicted molar refractivity (Wildman–Crippen MR) is 83.1 cm³/mol. The number of carbonyl (C=O) groups excluding carboxylic acids is 1. The number of aryl methyl sites for hydroxylation is 1. The second-order valence-electron chi connectivity index (χ2n) is 5.69. The Morgan fingerprint density at radius 3 is 2.70 bits per heavy atom. The Hall–Kier alpha value is -0.720. The lowest BCUT2D eigenvalue weighted by atomic mass is 9.93. The molecule has 0 atom stereocenters. The summed E-state index contributed by atoms with van der Waals surface area (Å²) in [7, 11) is 0. The van der Waals surface area contributed by atoms with Gasteiger partial charge in [-0.2, -0.15) is 5.10 Å². The maximum Gasteiger partial charge on any atom is 0.201 e. The van der Waals surface area contributed by atoms with E-state index < -0.39 is 5.54 Å². The molecular formula is C14H23BrN4O. The first-order chi connectivity index (χ1) is 9.48. The summed E-state index contributed by atoms with van der Waals surface area (Å²) in [5.41, 5.74) is 0.186. The van der Waals surface area contributed by atoms with Crippen molar-refractivity contribution < 1.29 is 4.79 Å². The molecule has 2 rings (SSSR count). The first-order valence-corrected chi connectivity index (χ1v) is 7.99. The molecule has 6 heteroatoms. The summed E-state index contributed by atoms with van der Waals surface area (Å²) in [6, 6.07) is 0. The van der Waals surface area contributed by atoms with Crippen molar-refractivity contribution >= 4 is 21.7 Å². The number of halogens is 1. The van der Waals surface area contributed by atoms with E-state index in [0.29, 0.717) is 5.69 Å². The molecule has 1 aromatic rings. The second kappa shape index (κ2) is 6.37. The van der Waals surface area contributed by atoms with Crippen LogP contribution in [0.3, 0.4) is 0 Å². The molecule has 0 bridgehead atoms. The lowest BCUT2D eigenvalue weighted by Crippen LogP contribution is -2.57. The van der Waals surface area contributed by atoms with Gasteiger partial charge in [-0.1, -0.05) is 6.92 Å². The highest BCUT2D eigenvalue weighted by Gasteiger charge is 2.38. The van der Waals surface area contributed by atoms with Gasteiger partial charge in [-0.3, -0.25) is 14.4 Å². The summed E-state index contributed by atoms with van der Waals surface area (Å²) in [5, 5.41) is 7.63. The minimum Gasteiger partial charge on any atom is -0.314 e. The third-order valence-corrected chi connectivity index (χ3v) is 4.49. The van der Waals surface area contributed by atoms with Crippen LogP contribution in [0.4, 0.5) is 0 Å². The number of rotatable bonds is 5. The zero-order valence-corrected chi connectivity index (χ0v) is 14.0. The maximum atomic E-state index is 13.0. The van der Waals surface area contributed by atoms with Gasteiger partial charge in [-0.05, 0) is 36.2 Å². The van der Waals surface area contributed by atoms with Crippen LogP contribution >= 0.6 is 15.9 Å². The number of carbonyl (C=O) groups is 1. The van der Waals surface area contributed by atoms with Crippen molar-refractivity contribution in [1.82, 2.24) is 20.0 Å². The molecule has 1 saturated heterocycles. The molecule has 1 N–H and O–H groups in total. The monoisotopic (exact) mass is 342 g/mol. The van der Waals surface area contributed by atoms with Gasteiger partial charge in [0.15, 0.2) is 0 Å². The number of Topliss-reactive ketones (excluding diaryl/α,β-unsaturated/α-hetero) is 1. The molecule has 1 aliphatic rings. The van der Waals surface area contributed by atoms with Crippen molar-refractivity contribution in [1.29, 1.82) is 0 Å². The molecule has 0 aliphatic carbocycles. The number of hydrogen-bond acceptors (Lipinski definition) is 4. The van der Waals surface area contributed by atoms with Crippen molar-refractivity contribution in [3.8, 4) is 0 Å². The zero-order chi connectivity index (χ0) is 14.8. The van der Waals surface area contributed by atoms with Crippen molar-refractivity contribution in [2.75, 3.05) is 26.2 Å². The Balaban J connectivity index is 2.27. The summed E-state index contributed by atoms with van der Waals surface area (Å²) in [5.74, 6) is 0.136. The second-order valence-corrected chi connectivity index (χ2v) is 6.54. The summed E-state index contributed by atoms with van der Waals surface area (Å²) in [4.78, 5) is 15.2. The van der Waals surface area contributed by atoms with Crippen LogP contribution in [0.2, 0.25) is 0 Å². The van der Waals surface area contributed by atoms with Crippen molar-refractivity contribution in [3.05, 3.63) is 16.4 Å². The number of ketones is 1. The number of hydrogen-bond donors (Lipinski definition) is 1. The van der Waals surface area contributed by atoms with Gasteiger partial charge in [0.05, 0.1) is 16.2 Å². The molecule has 0 spiro atoms. The van der Waals surface area contributed by atoms with Gasteiger partial charge in [-0.25, -0.2) is 0 Å². The van der Waals surface area contributed by atoms with Crippen molar-refractivity contribution in [3.63, 3.8) is 0 Å². The Morgan fingerprint density at radius 2 is 2.10 bits per heavy atom. The fourth-order valence-corrected chi connectivity index (χ4v) is 3.10. The Morgan fingerprint density at radius 1 is 1.45 bits per heavy atom. The average molecular weight is 343 g/mol. The minimum absolute atomic E-state index is 0.136. The van der Waals surface area contributed by atoms with E-state index in [-0.39, 0.29) is 5.78 Å². The van der Waals surface area contributed by atoms with E-state index >= 15 is 0 Å². The quantitative estimate of drug-likeness (QED) is 0.830. The molecule has 1 aromatic heterocycles. The van der Waals surface area contributed by atoms with Gasteiger partial charge in [0, 0.05) is 32.7 Å². The molecule has 5 nitrogen and oxygen atoms in total. The van der Waals surface area contributed by atoms with Crippen LogP contribution in [0.15, 0.2) is 10.7 Å². The SMILES string of the molecule is CCCn1ncc(Br)c1C(=O)C(C)(C)N1CCNCC1. The van der Waals surface area contributed by atoms with Crippen LogP contribution in [0.5, 0.6) is 0 Å². The topological polar surface area (TPSA) is 50.2 Å². The van der Waals surface area contributed by atoms with Crippen molar-refractivity contribution in [2.24, 2.45) is 0 Å². The number of nitrogens with one attached hydrogen (secondary N) is 1. The summed E-state index contributed by atoms with van der Waals surface area (Å²) < 4.78 is 2.61. The Bertz CT molecular complexity index is 478. The van der Waals surface area contributed by atoms with E-state index in [0.717, 1.165) is 43.6 Å². The number of nitrogens with zero attached hydrogens (tertiary/aromatic N) is 3. The molecule has 112 valence electrons. The molecule has 0 radical (unpaired) electrons. The standard InChI is InChI=1S/C14H23BrN4O/c1-4-7-19-12(11(15)10-17-19)13(20)14(2,3)18-8-5-16-6-9-18/h10,16H,4-9H2,1-3H3. The van der Waals surface area contributed by atoms with Crippen molar-refractivity contribution in [2.45, 2.75) is 39.3 Å². The summed E-state index contributed by atoms with van der Waals surface area (Å²) in [6.45, 7) is 10.6. The fraction of sp³-hybridized carbons (Fsp3) is 0.714. The highest BCUT2D eigenvalue weighted by Crippen LogP contribution is 2.26. The van der Waals surface area contributed by atoms with E-state index in [9.17, 15) is 4.79 Å². The molecule has 0 unspecified atom stereocenters. The minimum atomic E-state index is -0.504. The zero-order valence-electron chi connectivity index (χ0n) is 12.4. The van der Waals surface area contributed by atoms with Crippen LogP contribution < -0.4 is 5.32 Å². The van der Waals surface area contributed by atoms with Crippen LogP contribution in [-0.4, -0.2) is 52.2 Å². The van der Waals surface area contributed by atoms with Crippen LogP contribution in [0, 0.1) is 0 Å². The third-order valence-electron chi connectivity index (χ3n) is 3.91. The average Bonchev–Trinajstić information content (AvgIpc) is 2.80. The highest BCUT2D eigenvalue weighted by molar-refractivity contribution is 9.10. The third kappa shape index (κ3) is 2.97. The van der Waals surface area contributed by atoms with Gasteiger partial charge in [-0.15, -0.1) is 0 Å². The molecule has 1 aliphatic heterocycles. The Kier molecular flexibility index (Phi) is 4.99. The van der Waals surface area contributed by atoms with E-state index in [2.05, 4.69) is 38.2 Å². The molecule has 0 aromatic carbocycles. The molecule has 0 saturated carbocycles. The molecule has 2 heterocycles.